The van der Waals surface area contributed by atoms with E-state index in [-0.39, 0.29) is 11.7 Å². The molecule has 0 atom stereocenters. The summed E-state index contributed by atoms with van der Waals surface area (Å²) in [5.74, 6) is 0.874. The molecule has 0 unspecified atom stereocenters. The van der Waals surface area contributed by atoms with Crippen molar-refractivity contribution in [3.63, 3.8) is 0 Å². The second-order valence-corrected chi connectivity index (χ2v) is 4.71. The quantitative estimate of drug-likeness (QED) is 0.742. The number of hydrogen-bond donors (Lipinski definition) is 1. The molecule has 0 aliphatic rings. The highest BCUT2D eigenvalue weighted by Crippen LogP contribution is 2.14. The van der Waals surface area contributed by atoms with Crippen molar-refractivity contribution >= 4 is 16.9 Å². The average Bonchev–Trinajstić information content (AvgIpc) is 2.34. The lowest BCUT2D eigenvalue weighted by Crippen LogP contribution is -1.94. The second-order valence-electron chi connectivity index (χ2n) is 3.64. The minimum atomic E-state index is 0.155. The van der Waals surface area contributed by atoms with Gasteiger partial charge in [-0.2, -0.15) is 0 Å². The molecule has 1 N–H and O–H groups in total. The lowest BCUT2D eigenvalue weighted by molar-refractivity contribution is 0.108. The Kier molecular flexibility index (Phi) is 6.93. The maximum absolute atomic E-state index is 11.7. The number of carbonyl (C=O) groups is 1. The van der Waals surface area contributed by atoms with Crippen LogP contribution in [0, 0.1) is 0 Å². The molecule has 0 aliphatic carbocycles. The zero-order chi connectivity index (χ0) is 11.6. The third-order valence-corrected chi connectivity index (χ3v) is 3.29. The molecule has 0 aromatic heterocycles. The highest BCUT2D eigenvalue weighted by atomic mass is 32.2. The van der Waals surface area contributed by atoms with Crippen LogP contribution in [0.25, 0.3) is 0 Å². The molecule has 0 bridgehead atoms. The van der Waals surface area contributed by atoms with Crippen LogP contribution in [-0.2, 0) is 0 Å². The second kappa shape index (κ2) is 8.36. The summed E-state index contributed by atoms with van der Waals surface area (Å²) < 4.78 is 0. The van der Waals surface area contributed by atoms with Crippen LogP contribution in [0.5, 0.6) is 0 Å². The molecular formula is C13H18O2S. The lowest BCUT2D eigenvalue weighted by Gasteiger charge is -2.00. The van der Waals surface area contributed by atoms with Crippen LogP contribution in [0.3, 0.4) is 0 Å². The molecule has 3 heteroatoms. The minimum Gasteiger partial charge on any atom is -0.396 e. The fourth-order valence-corrected chi connectivity index (χ4v) is 2.23. The Labute approximate surface area is 101 Å². The molecule has 0 saturated heterocycles. The van der Waals surface area contributed by atoms with E-state index in [1.165, 1.54) is 11.8 Å². The van der Waals surface area contributed by atoms with Crippen LogP contribution in [0.15, 0.2) is 30.3 Å². The van der Waals surface area contributed by atoms with Gasteiger partial charge in [0, 0.05) is 17.9 Å². The van der Waals surface area contributed by atoms with E-state index in [4.69, 9.17) is 5.11 Å². The monoisotopic (exact) mass is 238 g/mol. The van der Waals surface area contributed by atoms with E-state index < -0.39 is 0 Å². The maximum atomic E-state index is 11.7. The van der Waals surface area contributed by atoms with Gasteiger partial charge in [-0.15, -0.1) is 0 Å². The van der Waals surface area contributed by atoms with Crippen LogP contribution in [-0.4, -0.2) is 22.6 Å². The van der Waals surface area contributed by atoms with E-state index in [0.29, 0.717) is 0 Å². The van der Waals surface area contributed by atoms with Crippen molar-refractivity contribution in [2.45, 2.75) is 25.7 Å². The van der Waals surface area contributed by atoms with Crippen molar-refractivity contribution in [2.24, 2.45) is 0 Å². The predicted octanol–water partition coefficient (Wildman–Crippen LogP) is 3.11. The first-order valence-electron chi connectivity index (χ1n) is 5.67. The third-order valence-electron chi connectivity index (χ3n) is 2.30. The number of thioether (sulfide) groups is 1. The minimum absolute atomic E-state index is 0.155. The van der Waals surface area contributed by atoms with Gasteiger partial charge in [0.2, 0.25) is 5.12 Å². The van der Waals surface area contributed by atoms with Crippen molar-refractivity contribution in [3.05, 3.63) is 35.9 Å². The molecule has 1 rings (SSSR count). The Morgan fingerprint density at radius 1 is 1.06 bits per heavy atom. The smallest absolute Gasteiger partial charge is 0.219 e. The number of rotatable bonds is 7. The number of aliphatic hydroxyl groups excluding tert-OH is 1. The Morgan fingerprint density at radius 3 is 2.44 bits per heavy atom. The largest absolute Gasteiger partial charge is 0.396 e. The van der Waals surface area contributed by atoms with Gasteiger partial charge in [-0.05, 0) is 12.8 Å². The molecule has 0 saturated carbocycles. The van der Waals surface area contributed by atoms with Crippen LogP contribution >= 0.6 is 11.8 Å². The van der Waals surface area contributed by atoms with Crippen molar-refractivity contribution in [2.75, 3.05) is 12.4 Å². The summed E-state index contributed by atoms with van der Waals surface area (Å²) in [7, 11) is 0. The van der Waals surface area contributed by atoms with E-state index in [2.05, 4.69) is 0 Å². The van der Waals surface area contributed by atoms with Gasteiger partial charge in [-0.25, -0.2) is 0 Å². The van der Waals surface area contributed by atoms with Gasteiger partial charge in [0.25, 0.3) is 0 Å². The molecule has 0 radical (unpaired) electrons. The van der Waals surface area contributed by atoms with Gasteiger partial charge in [0.05, 0.1) is 0 Å². The van der Waals surface area contributed by atoms with Crippen LogP contribution in [0.4, 0.5) is 0 Å². The number of benzene rings is 1. The molecular weight excluding hydrogens is 220 g/mol. The van der Waals surface area contributed by atoms with E-state index in [1.54, 1.807) is 0 Å². The summed E-state index contributed by atoms with van der Waals surface area (Å²) in [5, 5.41) is 8.76. The van der Waals surface area contributed by atoms with Crippen molar-refractivity contribution in [1.82, 2.24) is 0 Å². The van der Waals surface area contributed by atoms with Crippen LogP contribution < -0.4 is 0 Å². The summed E-state index contributed by atoms with van der Waals surface area (Å²) in [5.41, 5.74) is 0.780. The van der Waals surface area contributed by atoms with Crippen molar-refractivity contribution in [3.8, 4) is 0 Å². The molecule has 0 heterocycles. The Balaban J connectivity index is 2.12. The van der Waals surface area contributed by atoms with Gasteiger partial charge >= 0.3 is 0 Å². The first kappa shape index (κ1) is 13.3. The summed E-state index contributed by atoms with van der Waals surface area (Å²) in [6, 6.07) is 9.38. The molecule has 0 fully saturated rings. The number of aliphatic hydroxyl groups is 1. The van der Waals surface area contributed by atoms with Crippen molar-refractivity contribution < 1.29 is 9.90 Å². The number of hydrogen-bond acceptors (Lipinski definition) is 3. The summed E-state index contributed by atoms with van der Waals surface area (Å²) in [6.07, 6.45) is 4.06. The van der Waals surface area contributed by atoms with Gasteiger partial charge in [0.1, 0.15) is 0 Å². The summed E-state index contributed by atoms with van der Waals surface area (Å²) >= 11 is 1.39. The first-order valence-corrected chi connectivity index (χ1v) is 6.66. The van der Waals surface area contributed by atoms with E-state index in [9.17, 15) is 4.79 Å². The fourth-order valence-electron chi connectivity index (χ4n) is 1.39. The fraction of sp³-hybridized carbons (Fsp3) is 0.462. The Hall–Kier alpha value is -0.800. The zero-order valence-corrected chi connectivity index (χ0v) is 10.2. The molecule has 0 spiro atoms. The maximum Gasteiger partial charge on any atom is 0.219 e. The van der Waals surface area contributed by atoms with Crippen molar-refractivity contribution in [1.29, 1.82) is 0 Å². The van der Waals surface area contributed by atoms with E-state index in [1.807, 2.05) is 30.3 Å². The summed E-state index contributed by atoms with van der Waals surface area (Å²) in [6.45, 7) is 0.274. The SMILES string of the molecule is O=C(SCCCCCCO)c1ccccc1. The molecule has 2 nitrogen and oxygen atoms in total. The molecule has 16 heavy (non-hydrogen) atoms. The van der Waals surface area contributed by atoms with Crippen LogP contribution in [0.1, 0.15) is 36.0 Å². The molecule has 0 aliphatic heterocycles. The molecule has 1 aromatic rings. The molecule has 88 valence electrons. The van der Waals surface area contributed by atoms with Crippen LogP contribution in [0.2, 0.25) is 0 Å². The zero-order valence-electron chi connectivity index (χ0n) is 9.39. The lowest BCUT2D eigenvalue weighted by atomic mass is 10.2. The Bertz CT molecular complexity index is 298. The summed E-state index contributed by atoms with van der Waals surface area (Å²) in [4.78, 5) is 11.7. The van der Waals surface area contributed by atoms with Gasteiger partial charge in [-0.3, -0.25) is 4.79 Å². The third kappa shape index (κ3) is 5.33. The topological polar surface area (TPSA) is 37.3 Å². The highest BCUT2D eigenvalue weighted by Gasteiger charge is 2.04. The first-order chi connectivity index (χ1) is 7.84. The predicted molar refractivity (Wildman–Crippen MR) is 68.8 cm³/mol. The number of carbonyl (C=O) groups excluding carboxylic acids is 1. The number of unbranched alkanes of at least 4 members (excludes halogenated alkanes) is 3. The Morgan fingerprint density at radius 2 is 1.75 bits per heavy atom. The van der Waals surface area contributed by atoms with E-state index in [0.717, 1.165) is 37.0 Å². The molecule has 0 amide bonds. The average molecular weight is 238 g/mol. The normalized spacial score (nSPS) is 10.3. The van der Waals surface area contributed by atoms with E-state index >= 15 is 0 Å². The van der Waals surface area contributed by atoms with Gasteiger partial charge in [-0.1, -0.05) is 54.9 Å². The molecule has 1 aromatic carbocycles. The highest BCUT2D eigenvalue weighted by molar-refractivity contribution is 8.14. The van der Waals surface area contributed by atoms with Gasteiger partial charge < -0.3 is 5.11 Å². The van der Waals surface area contributed by atoms with Gasteiger partial charge in [0.15, 0.2) is 0 Å². The standard InChI is InChI=1S/C13H18O2S/c14-10-6-1-2-7-11-16-13(15)12-8-4-3-5-9-12/h3-5,8-9,14H,1-2,6-7,10-11H2.